The first-order valence-electron chi connectivity index (χ1n) is 5.20. The summed E-state index contributed by atoms with van der Waals surface area (Å²) in [7, 11) is 0. The molecule has 0 fully saturated rings. The molecular weight excluding hydrogens is 188 g/mol. The van der Waals surface area contributed by atoms with Gasteiger partial charge in [0.2, 0.25) is 5.89 Å². The minimum Gasteiger partial charge on any atom is -0.439 e. The van der Waals surface area contributed by atoms with Crippen LogP contribution in [-0.4, -0.2) is 4.98 Å². The van der Waals surface area contributed by atoms with E-state index in [9.17, 15) is 0 Å². The van der Waals surface area contributed by atoms with Crippen LogP contribution >= 0.6 is 0 Å². The Morgan fingerprint density at radius 2 is 2.07 bits per heavy atom. The third kappa shape index (κ3) is 1.88. The number of hydrogen-bond acceptors (Lipinski definition) is 3. The van der Waals surface area contributed by atoms with E-state index in [1.54, 1.807) is 0 Å². The van der Waals surface area contributed by atoms with Crippen molar-refractivity contribution in [2.75, 3.05) is 0 Å². The highest BCUT2D eigenvalue weighted by Crippen LogP contribution is 2.23. The fraction of sp³-hybridized carbons (Fsp3) is 0.417. The van der Waals surface area contributed by atoms with Crippen LogP contribution in [0.25, 0.3) is 11.1 Å². The lowest BCUT2D eigenvalue weighted by Gasteiger charge is -2.10. The van der Waals surface area contributed by atoms with Crippen LogP contribution in [0, 0.1) is 12.8 Å². The average molecular weight is 204 g/mol. The van der Waals surface area contributed by atoms with Crippen molar-refractivity contribution in [2.24, 2.45) is 11.7 Å². The Morgan fingerprint density at radius 3 is 2.73 bits per heavy atom. The van der Waals surface area contributed by atoms with Crippen molar-refractivity contribution in [1.82, 2.24) is 4.98 Å². The van der Waals surface area contributed by atoms with E-state index in [4.69, 9.17) is 10.2 Å². The van der Waals surface area contributed by atoms with E-state index in [1.165, 1.54) is 5.56 Å². The van der Waals surface area contributed by atoms with Crippen LogP contribution in [0.2, 0.25) is 0 Å². The molecule has 0 saturated carbocycles. The predicted molar refractivity (Wildman–Crippen MR) is 60.5 cm³/mol. The van der Waals surface area contributed by atoms with Crippen LogP contribution in [0.1, 0.15) is 31.3 Å². The molecule has 2 aromatic rings. The average Bonchev–Trinajstić information content (AvgIpc) is 2.58. The number of hydrogen-bond donors (Lipinski definition) is 1. The Bertz CT molecular complexity index is 473. The Balaban J connectivity index is 2.47. The molecule has 80 valence electrons. The number of rotatable bonds is 2. The largest absolute Gasteiger partial charge is 0.439 e. The zero-order valence-electron chi connectivity index (χ0n) is 9.32. The normalized spacial score (nSPS) is 13.7. The van der Waals surface area contributed by atoms with E-state index >= 15 is 0 Å². The van der Waals surface area contributed by atoms with Crippen molar-refractivity contribution in [1.29, 1.82) is 0 Å². The Labute approximate surface area is 89.3 Å². The van der Waals surface area contributed by atoms with Crippen LogP contribution in [0.15, 0.2) is 22.6 Å². The van der Waals surface area contributed by atoms with E-state index < -0.39 is 0 Å². The molecule has 2 rings (SSSR count). The first-order chi connectivity index (χ1) is 7.08. The van der Waals surface area contributed by atoms with Gasteiger partial charge in [-0.2, -0.15) is 0 Å². The number of oxazole rings is 1. The molecule has 0 saturated heterocycles. The second-order valence-electron chi connectivity index (χ2n) is 4.29. The summed E-state index contributed by atoms with van der Waals surface area (Å²) in [5.41, 5.74) is 8.87. The summed E-state index contributed by atoms with van der Waals surface area (Å²) in [5, 5.41) is 0. The van der Waals surface area contributed by atoms with Crippen molar-refractivity contribution >= 4 is 11.1 Å². The third-order valence-electron chi connectivity index (χ3n) is 2.56. The molecule has 1 unspecified atom stereocenters. The molecule has 3 nitrogen and oxygen atoms in total. The molecule has 0 spiro atoms. The monoisotopic (exact) mass is 204 g/mol. The number of benzene rings is 1. The fourth-order valence-electron chi connectivity index (χ4n) is 1.48. The quantitative estimate of drug-likeness (QED) is 0.818. The summed E-state index contributed by atoms with van der Waals surface area (Å²) < 4.78 is 5.61. The van der Waals surface area contributed by atoms with E-state index in [0.717, 1.165) is 11.1 Å². The highest BCUT2D eigenvalue weighted by Gasteiger charge is 2.16. The highest BCUT2D eigenvalue weighted by molar-refractivity contribution is 5.73. The third-order valence-corrected chi connectivity index (χ3v) is 2.56. The summed E-state index contributed by atoms with van der Waals surface area (Å²) in [6, 6.07) is 5.83. The first-order valence-corrected chi connectivity index (χ1v) is 5.20. The van der Waals surface area contributed by atoms with Gasteiger partial charge in [0.15, 0.2) is 5.58 Å². The van der Waals surface area contributed by atoms with Crippen molar-refractivity contribution in [3.63, 3.8) is 0 Å². The summed E-state index contributed by atoms with van der Waals surface area (Å²) in [4.78, 5) is 4.40. The molecule has 3 heteroatoms. The van der Waals surface area contributed by atoms with Gasteiger partial charge < -0.3 is 10.2 Å². The van der Waals surface area contributed by atoms with E-state index in [2.05, 4.69) is 18.8 Å². The van der Waals surface area contributed by atoms with Gasteiger partial charge in [0.25, 0.3) is 0 Å². The Kier molecular flexibility index (Phi) is 2.49. The Morgan fingerprint density at radius 1 is 1.33 bits per heavy atom. The minimum absolute atomic E-state index is 0.127. The molecular formula is C12H16N2O. The standard InChI is InChI=1S/C12H16N2O/c1-7(2)11(13)12-14-9-6-8(3)4-5-10(9)15-12/h4-7,11H,13H2,1-3H3. The Hall–Kier alpha value is -1.35. The van der Waals surface area contributed by atoms with Crippen LogP contribution in [0.5, 0.6) is 0 Å². The maximum atomic E-state index is 5.98. The molecule has 1 aromatic carbocycles. The summed E-state index contributed by atoms with van der Waals surface area (Å²) in [6.45, 7) is 6.16. The van der Waals surface area contributed by atoms with Crippen LogP contribution < -0.4 is 5.73 Å². The van der Waals surface area contributed by atoms with Gasteiger partial charge in [0.05, 0.1) is 6.04 Å². The summed E-state index contributed by atoms with van der Waals surface area (Å²) in [5.74, 6) is 0.963. The molecule has 0 aliphatic carbocycles. The van der Waals surface area contributed by atoms with Gasteiger partial charge in [0.1, 0.15) is 5.52 Å². The van der Waals surface area contributed by atoms with Crippen molar-refractivity contribution in [2.45, 2.75) is 26.8 Å². The highest BCUT2D eigenvalue weighted by atomic mass is 16.3. The number of nitrogens with two attached hydrogens (primary N) is 1. The number of aromatic nitrogens is 1. The van der Waals surface area contributed by atoms with Gasteiger partial charge in [-0.1, -0.05) is 19.9 Å². The number of aryl methyl sites for hydroxylation is 1. The molecule has 0 bridgehead atoms. The smallest absolute Gasteiger partial charge is 0.212 e. The van der Waals surface area contributed by atoms with Crippen molar-refractivity contribution < 1.29 is 4.42 Å². The van der Waals surface area contributed by atoms with Gasteiger partial charge in [-0.25, -0.2) is 4.98 Å². The van der Waals surface area contributed by atoms with Crippen LogP contribution in [-0.2, 0) is 0 Å². The van der Waals surface area contributed by atoms with Gasteiger partial charge >= 0.3 is 0 Å². The molecule has 0 aliphatic heterocycles. The van der Waals surface area contributed by atoms with E-state index in [1.807, 2.05) is 25.1 Å². The molecule has 0 amide bonds. The lowest BCUT2D eigenvalue weighted by molar-refractivity contribution is 0.403. The topological polar surface area (TPSA) is 52.0 Å². The maximum absolute atomic E-state index is 5.98. The van der Waals surface area contributed by atoms with Crippen molar-refractivity contribution in [3.8, 4) is 0 Å². The predicted octanol–water partition coefficient (Wildman–Crippen LogP) is 2.79. The number of nitrogens with zero attached hydrogens (tertiary/aromatic N) is 1. The molecule has 2 N–H and O–H groups in total. The zero-order valence-corrected chi connectivity index (χ0v) is 9.32. The zero-order chi connectivity index (χ0) is 11.0. The van der Waals surface area contributed by atoms with Crippen molar-refractivity contribution in [3.05, 3.63) is 29.7 Å². The van der Waals surface area contributed by atoms with Gasteiger partial charge in [-0.3, -0.25) is 0 Å². The molecule has 0 radical (unpaired) electrons. The second-order valence-corrected chi connectivity index (χ2v) is 4.29. The van der Waals surface area contributed by atoms with E-state index in [0.29, 0.717) is 11.8 Å². The van der Waals surface area contributed by atoms with Gasteiger partial charge in [-0.15, -0.1) is 0 Å². The van der Waals surface area contributed by atoms with Gasteiger partial charge in [0, 0.05) is 0 Å². The minimum atomic E-state index is -0.127. The van der Waals surface area contributed by atoms with Crippen LogP contribution in [0.4, 0.5) is 0 Å². The van der Waals surface area contributed by atoms with E-state index in [-0.39, 0.29) is 6.04 Å². The number of fused-ring (bicyclic) bond motifs is 1. The molecule has 1 atom stereocenters. The molecule has 0 aliphatic rings. The SMILES string of the molecule is Cc1ccc2oc(C(N)C(C)C)nc2c1. The summed E-state index contributed by atoms with van der Waals surface area (Å²) in [6.07, 6.45) is 0. The summed E-state index contributed by atoms with van der Waals surface area (Å²) >= 11 is 0. The lowest BCUT2D eigenvalue weighted by Crippen LogP contribution is -2.16. The molecule has 1 aromatic heterocycles. The van der Waals surface area contributed by atoms with Gasteiger partial charge in [-0.05, 0) is 30.5 Å². The second kappa shape index (κ2) is 3.66. The first kappa shape index (κ1) is 10.2. The maximum Gasteiger partial charge on any atom is 0.212 e. The molecule has 15 heavy (non-hydrogen) atoms. The molecule has 1 heterocycles. The lowest BCUT2D eigenvalue weighted by atomic mass is 10.1. The fourth-order valence-corrected chi connectivity index (χ4v) is 1.48. The van der Waals surface area contributed by atoms with Crippen LogP contribution in [0.3, 0.4) is 0 Å².